The molecule has 0 radical (unpaired) electrons. The summed E-state index contributed by atoms with van der Waals surface area (Å²) in [4.78, 5) is 25.2. The monoisotopic (exact) mass is 308 g/mol. The van der Waals surface area contributed by atoms with Crippen LogP contribution in [0.2, 0.25) is 0 Å². The molecule has 0 saturated carbocycles. The number of carbonyl (C=O) groups is 2. The molecule has 0 spiro atoms. The summed E-state index contributed by atoms with van der Waals surface area (Å²) in [6.07, 6.45) is 0.731. The van der Waals surface area contributed by atoms with Gasteiger partial charge in [-0.1, -0.05) is 13.0 Å². The third-order valence-electron chi connectivity index (χ3n) is 3.43. The fourth-order valence-electron chi connectivity index (χ4n) is 2.58. The Kier molecular flexibility index (Phi) is 4.77. The first kappa shape index (κ1) is 15.7. The molecule has 1 heterocycles. The smallest absolute Gasteiger partial charge is 0.327 e. The van der Waals surface area contributed by atoms with E-state index in [1.165, 1.54) is 16.7 Å². The lowest BCUT2D eigenvalue weighted by atomic mass is 10.1. The number of carbonyl (C=O) groups excluding carboxylic acids is 1. The number of urea groups is 1. The minimum absolute atomic E-state index is 0.0861. The van der Waals surface area contributed by atoms with Crippen molar-refractivity contribution >= 4 is 29.4 Å². The van der Waals surface area contributed by atoms with Gasteiger partial charge in [-0.2, -0.15) is 0 Å². The van der Waals surface area contributed by atoms with Crippen molar-refractivity contribution in [1.82, 2.24) is 4.90 Å². The summed E-state index contributed by atoms with van der Waals surface area (Å²) in [6.45, 7) is 5.88. The van der Waals surface area contributed by atoms with Gasteiger partial charge in [0.05, 0.1) is 5.37 Å². The molecular weight excluding hydrogens is 288 g/mol. The fourth-order valence-corrected chi connectivity index (χ4v) is 3.92. The number of carboxylic acids is 1. The topological polar surface area (TPSA) is 69.6 Å². The predicted octanol–water partition coefficient (Wildman–Crippen LogP) is 3.07. The van der Waals surface area contributed by atoms with Crippen molar-refractivity contribution in [3.8, 4) is 0 Å². The summed E-state index contributed by atoms with van der Waals surface area (Å²) in [7, 11) is 0. The molecule has 21 heavy (non-hydrogen) atoms. The zero-order valence-electron chi connectivity index (χ0n) is 12.4. The maximum atomic E-state index is 12.5. The second-order valence-corrected chi connectivity index (χ2v) is 6.47. The molecule has 0 aliphatic carbocycles. The van der Waals surface area contributed by atoms with Crippen molar-refractivity contribution in [1.29, 1.82) is 0 Å². The summed E-state index contributed by atoms with van der Waals surface area (Å²) < 4.78 is 0. The largest absolute Gasteiger partial charge is 0.480 e. The first-order valence-electron chi connectivity index (χ1n) is 6.94. The van der Waals surface area contributed by atoms with Crippen LogP contribution < -0.4 is 5.32 Å². The number of benzene rings is 1. The summed E-state index contributed by atoms with van der Waals surface area (Å²) in [5.74, 6) is -0.511. The standard InChI is InChI=1S/C15H20N2O3S/c1-4-13-17(12(8-21-13)14(18)19)15(20)16-11-6-9(2)5-10(3)7-11/h5-7,12-13H,4,8H2,1-3H3,(H,16,20)(H,18,19). The quantitative estimate of drug-likeness (QED) is 0.900. The number of hydrogen-bond acceptors (Lipinski definition) is 3. The van der Waals surface area contributed by atoms with Crippen molar-refractivity contribution in [2.24, 2.45) is 0 Å². The van der Waals surface area contributed by atoms with Crippen molar-refractivity contribution < 1.29 is 14.7 Å². The van der Waals surface area contributed by atoms with E-state index in [2.05, 4.69) is 5.32 Å². The highest BCUT2D eigenvalue weighted by Gasteiger charge is 2.40. The van der Waals surface area contributed by atoms with Crippen LogP contribution in [-0.4, -0.2) is 39.2 Å². The molecule has 2 atom stereocenters. The van der Waals surface area contributed by atoms with Crippen molar-refractivity contribution in [2.75, 3.05) is 11.1 Å². The molecule has 1 aromatic rings. The van der Waals surface area contributed by atoms with Crippen LogP contribution in [0.1, 0.15) is 24.5 Å². The molecule has 2 amide bonds. The number of nitrogens with zero attached hydrogens (tertiary/aromatic N) is 1. The molecule has 2 N–H and O–H groups in total. The molecule has 2 unspecified atom stereocenters. The Hall–Kier alpha value is -1.69. The SMILES string of the molecule is CCC1SCC(C(=O)O)N1C(=O)Nc1cc(C)cc(C)c1. The summed E-state index contributed by atoms with van der Waals surface area (Å²) in [5, 5.41) is 12.0. The van der Waals surface area contributed by atoms with Crippen LogP contribution in [-0.2, 0) is 4.79 Å². The van der Waals surface area contributed by atoms with Crippen LogP contribution >= 0.6 is 11.8 Å². The Labute approximate surface area is 128 Å². The van der Waals surface area contributed by atoms with Crippen molar-refractivity contribution in [3.05, 3.63) is 29.3 Å². The zero-order chi connectivity index (χ0) is 15.6. The van der Waals surface area contributed by atoms with E-state index in [4.69, 9.17) is 0 Å². The molecule has 1 aliphatic heterocycles. The van der Waals surface area contributed by atoms with E-state index < -0.39 is 12.0 Å². The number of carboxylic acid groups (broad SMARTS) is 1. The highest BCUT2D eigenvalue weighted by molar-refractivity contribution is 8.00. The Morgan fingerprint density at radius 1 is 1.33 bits per heavy atom. The van der Waals surface area contributed by atoms with E-state index in [0.29, 0.717) is 11.4 Å². The van der Waals surface area contributed by atoms with Gasteiger partial charge in [0.2, 0.25) is 0 Å². The van der Waals surface area contributed by atoms with E-state index in [9.17, 15) is 14.7 Å². The Morgan fingerprint density at radius 3 is 2.48 bits per heavy atom. The third kappa shape index (κ3) is 3.50. The minimum Gasteiger partial charge on any atom is -0.480 e. The molecule has 6 heteroatoms. The number of hydrogen-bond donors (Lipinski definition) is 2. The predicted molar refractivity (Wildman–Crippen MR) is 84.7 cm³/mol. The van der Waals surface area contributed by atoms with Crippen LogP contribution in [0.5, 0.6) is 0 Å². The van der Waals surface area contributed by atoms with Gasteiger partial charge >= 0.3 is 12.0 Å². The second-order valence-electron chi connectivity index (χ2n) is 5.26. The maximum Gasteiger partial charge on any atom is 0.327 e. The van der Waals surface area contributed by atoms with Gasteiger partial charge in [-0.3, -0.25) is 4.90 Å². The minimum atomic E-state index is -0.950. The number of aliphatic carboxylic acids is 1. The molecule has 5 nitrogen and oxygen atoms in total. The van der Waals surface area contributed by atoms with Gasteiger partial charge in [0.1, 0.15) is 6.04 Å². The summed E-state index contributed by atoms with van der Waals surface area (Å²) >= 11 is 1.52. The average molecular weight is 308 g/mol. The van der Waals surface area contributed by atoms with Gasteiger partial charge in [0.15, 0.2) is 0 Å². The van der Waals surface area contributed by atoms with Gasteiger partial charge in [-0.15, -0.1) is 11.8 Å². The normalized spacial score (nSPS) is 21.4. The molecule has 1 saturated heterocycles. The van der Waals surface area contributed by atoms with Crippen LogP contribution in [0.15, 0.2) is 18.2 Å². The maximum absolute atomic E-state index is 12.5. The Morgan fingerprint density at radius 2 is 1.95 bits per heavy atom. The number of nitrogens with one attached hydrogen (secondary N) is 1. The molecular formula is C15H20N2O3S. The van der Waals surface area contributed by atoms with Crippen LogP contribution in [0.3, 0.4) is 0 Å². The summed E-state index contributed by atoms with van der Waals surface area (Å²) in [6, 6.07) is 4.68. The van der Waals surface area contributed by atoms with Gasteiger partial charge < -0.3 is 10.4 Å². The van der Waals surface area contributed by atoms with E-state index in [-0.39, 0.29) is 11.4 Å². The lowest BCUT2D eigenvalue weighted by Gasteiger charge is -2.26. The van der Waals surface area contributed by atoms with Crippen molar-refractivity contribution in [3.63, 3.8) is 0 Å². The van der Waals surface area contributed by atoms with E-state index >= 15 is 0 Å². The van der Waals surface area contributed by atoms with Crippen LogP contribution in [0, 0.1) is 13.8 Å². The lowest BCUT2D eigenvalue weighted by Crippen LogP contribution is -2.47. The number of aryl methyl sites for hydroxylation is 2. The molecule has 0 bridgehead atoms. The van der Waals surface area contributed by atoms with Crippen LogP contribution in [0.25, 0.3) is 0 Å². The fraction of sp³-hybridized carbons (Fsp3) is 0.467. The molecule has 1 aliphatic rings. The van der Waals surface area contributed by atoms with E-state index in [1.807, 2.05) is 39.0 Å². The number of amides is 2. The molecule has 1 fully saturated rings. The van der Waals surface area contributed by atoms with Crippen molar-refractivity contribution in [2.45, 2.75) is 38.6 Å². The number of rotatable bonds is 3. The Bertz CT molecular complexity index is 542. The number of anilines is 1. The van der Waals surface area contributed by atoms with Crippen LogP contribution in [0.4, 0.5) is 10.5 Å². The second kappa shape index (κ2) is 6.39. The first-order valence-corrected chi connectivity index (χ1v) is 7.99. The number of thioether (sulfide) groups is 1. The average Bonchev–Trinajstić information content (AvgIpc) is 2.81. The first-order chi connectivity index (χ1) is 9.92. The van der Waals surface area contributed by atoms with Gasteiger partial charge in [-0.25, -0.2) is 9.59 Å². The zero-order valence-corrected chi connectivity index (χ0v) is 13.2. The highest BCUT2D eigenvalue weighted by atomic mass is 32.2. The van der Waals surface area contributed by atoms with Gasteiger partial charge in [-0.05, 0) is 43.5 Å². The van der Waals surface area contributed by atoms with Gasteiger partial charge in [0.25, 0.3) is 0 Å². The van der Waals surface area contributed by atoms with E-state index in [0.717, 1.165) is 17.5 Å². The Balaban J connectivity index is 2.18. The van der Waals surface area contributed by atoms with Gasteiger partial charge in [0, 0.05) is 11.4 Å². The summed E-state index contributed by atoms with van der Waals surface area (Å²) in [5.41, 5.74) is 2.82. The highest BCUT2D eigenvalue weighted by Crippen LogP contribution is 2.32. The van der Waals surface area contributed by atoms with E-state index in [1.54, 1.807) is 0 Å². The molecule has 1 aromatic carbocycles. The third-order valence-corrected chi connectivity index (χ3v) is 4.89. The molecule has 0 aromatic heterocycles. The molecule has 2 rings (SSSR count). The lowest BCUT2D eigenvalue weighted by molar-refractivity contribution is -0.141. The molecule has 114 valence electrons.